The number of benzene rings is 2. The standard InChI is InChI=1S/C29H25FN6O/c1-2-4-27(37)33-21-12-19(15-31-16-21)17-7-8-25-22(13-17)29(36-35-25)26-14-23-24(34-26)9-10-32-28(23)18-5-3-6-20(30)11-18/h3,5-16,27,33-34,37H,2,4H2,1H3,(H,35,36). The van der Waals surface area contributed by atoms with Crippen molar-refractivity contribution in [3.8, 4) is 33.8 Å². The lowest BCUT2D eigenvalue weighted by atomic mass is 10.0. The van der Waals surface area contributed by atoms with Crippen molar-refractivity contribution in [1.82, 2.24) is 25.1 Å². The van der Waals surface area contributed by atoms with E-state index in [9.17, 15) is 9.50 Å². The summed E-state index contributed by atoms with van der Waals surface area (Å²) in [4.78, 5) is 12.3. The lowest BCUT2D eigenvalue weighted by Gasteiger charge is -2.13. The van der Waals surface area contributed by atoms with Crippen LogP contribution in [0.1, 0.15) is 19.8 Å². The van der Waals surface area contributed by atoms with Gasteiger partial charge in [-0.15, -0.1) is 0 Å². The minimum atomic E-state index is -0.612. The molecule has 7 nitrogen and oxygen atoms in total. The van der Waals surface area contributed by atoms with Crippen LogP contribution in [0.15, 0.2) is 79.3 Å². The number of hydrogen-bond acceptors (Lipinski definition) is 5. The average molecular weight is 493 g/mol. The van der Waals surface area contributed by atoms with Gasteiger partial charge >= 0.3 is 0 Å². The van der Waals surface area contributed by atoms with Crippen LogP contribution in [0.2, 0.25) is 0 Å². The van der Waals surface area contributed by atoms with E-state index in [1.807, 2.05) is 43.3 Å². The molecule has 0 amide bonds. The molecule has 0 aliphatic heterocycles. The molecule has 0 spiro atoms. The van der Waals surface area contributed by atoms with Gasteiger partial charge in [0.15, 0.2) is 0 Å². The number of aliphatic hydroxyl groups excluding tert-OH is 1. The zero-order chi connectivity index (χ0) is 25.4. The molecule has 37 heavy (non-hydrogen) atoms. The first-order valence-electron chi connectivity index (χ1n) is 12.2. The SMILES string of the molecule is CCCC(O)Nc1cncc(-c2ccc3[nH]nc(-c4cc5c(-c6cccc(F)c6)nccc5[nH]4)c3c2)c1. The molecule has 0 radical (unpaired) electrons. The average Bonchev–Trinajstić information content (AvgIpc) is 3.52. The third-order valence-corrected chi connectivity index (χ3v) is 6.43. The zero-order valence-electron chi connectivity index (χ0n) is 20.2. The predicted molar refractivity (Wildman–Crippen MR) is 144 cm³/mol. The Bertz CT molecular complexity index is 1720. The monoisotopic (exact) mass is 492 g/mol. The van der Waals surface area contributed by atoms with E-state index >= 15 is 0 Å². The normalized spacial score (nSPS) is 12.3. The Morgan fingerprint density at radius 3 is 2.68 bits per heavy atom. The van der Waals surface area contributed by atoms with E-state index in [2.05, 4.69) is 36.5 Å². The van der Waals surface area contributed by atoms with Crippen molar-refractivity contribution >= 4 is 27.5 Å². The summed E-state index contributed by atoms with van der Waals surface area (Å²) in [5, 5.41) is 22.8. The molecule has 184 valence electrons. The maximum absolute atomic E-state index is 13.9. The highest BCUT2D eigenvalue weighted by Crippen LogP contribution is 2.34. The van der Waals surface area contributed by atoms with Gasteiger partial charge in [0.25, 0.3) is 0 Å². The number of nitrogens with one attached hydrogen (secondary N) is 3. The fraction of sp³-hybridized carbons (Fsp3) is 0.138. The summed E-state index contributed by atoms with van der Waals surface area (Å²) in [6.45, 7) is 2.03. The highest BCUT2D eigenvalue weighted by molar-refractivity contribution is 6.00. The second kappa shape index (κ2) is 9.48. The number of H-pyrrole nitrogens is 2. The van der Waals surface area contributed by atoms with Crippen LogP contribution in [0.3, 0.4) is 0 Å². The van der Waals surface area contributed by atoms with Crippen LogP contribution in [0, 0.1) is 5.82 Å². The second-order valence-electron chi connectivity index (χ2n) is 9.06. The molecule has 0 bridgehead atoms. The van der Waals surface area contributed by atoms with E-state index in [1.165, 1.54) is 12.1 Å². The van der Waals surface area contributed by atoms with Gasteiger partial charge in [-0.1, -0.05) is 31.5 Å². The van der Waals surface area contributed by atoms with Gasteiger partial charge in [0.2, 0.25) is 0 Å². The van der Waals surface area contributed by atoms with Crippen LogP contribution in [0.25, 0.3) is 55.6 Å². The highest BCUT2D eigenvalue weighted by atomic mass is 19.1. The highest BCUT2D eigenvalue weighted by Gasteiger charge is 2.15. The van der Waals surface area contributed by atoms with Crippen LogP contribution in [-0.2, 0) is 0 Å². The smallest absolute Gasteiger partial charge is 0.124 e. The minimum absolute atomic E-state index is 0.300. The molecule has 0 aliphatic carbocycles. The van der Waals surface area contributed by atoms with Crippen LogP contribution in [-0.4, -0.2) is 36.5 Å². The summed E-state index contributed by atoms with van der Waals surface area (Å²) in [7, 11) is 0. The molecule has 2 aromatic carbocycles. The van der Waals surface area contributed by atoms with Crippen molar-refractivity contribution in [2.45, 2.75) is 26.0 Å². The van der Waals surface area contributed by atoms with Crippen LogP contribution in [0.5, 0.6) is 0 Å². The predicted octanol–water partition coefficient (Wildman–Crippen LogP) is 6.50. The molecule has 4 N–H and O–H groups in total. The lowest BCUT2D eigenvalue weighted by Crippen LogP contribution is -2.18. The number of halogens is 1. The van der Waals surface area contributed by atoms with Crippen LogP contribution in [0.4, 0.5) is 10.1 Å². The maximum Gasteiger partial charge on any atom is 0.124 e. The van der Waals surface area contributed by atoms with Crippen molar-refractivity contribution in [3.05, 3.63) is 85.1 Å². The van der Waals surface area contributed by atoms with Crippen LogP contribution < -0.4 is 5.32 Å². The largest absolute Gasteiger partial charge is 0.374 e. The molecule has 0 aliphatic rings. The number of fused-ring (bicyclic) bond motifs is 2. The van der Waals surface area contributed by atoms with E-state index < -0.39 is 6.23 Å². The molecule has 1 unspecified atom stereocenters. The van der Waals surface area contributed by atoms with E-state index in [-0.39, 0.29) is 5.82 Å². The molecule has 0 saturated carbocycles. The molecule has 6 aromatic rings. The fourth-order valence-corrected chi connectivity index (χ4v) is 4.66. The van der Waals surface area contributed by atoms with Gasteiger partial charge < -0.3 is 15.4 Å². The van der Waals surface area contributed by atoms with Gasteiger partial charge in [-0.3, -0.25) is 15.1 Å². The second-order valence-corrected chi connectivity index (χ2v) is 9.06. The number of hydrogen-bond donors (Lipinski definition) is 4. The molecule has 6 rings (SSSR count). The Hall–Kier alpha value is -4.56. The Labute approximate surface area is 212 Å². The Kier molecular flexibility index (Phi) is 5.86. The number of rotatable bonds is 7. The molecule has 0 saturated heterocycles. The van der Waals surface area contributed by atoms with E-state index in [0.29, 0.717) is 12.1 Å². The van der Waals surface area contributed by atoms with Gasteiger partial charge in [0.1, 0.15) is 17.7 Å². The van der Waals surface area contributed by atoms with Gasteiger partial charge in [-0.25, -0.2) is 4.39 Å². The maximum atomic E-state index is 13.9. The quantitative estimate of drug-likeness (QED) is 0.190. The summed E-state index contributed by atoms with van der Waals surface area (Å²) in [6, 6.07) is 18.4. The number of aromatic nitrogens is 5. The zero-order valence-corrected chi connectivity index (χ0v) is 20.2. The first-order chi connectivity index (χ1) is 18.1. The van der Waals surface area contributed by atoms with Crippen molar-refractivity contribution in [2.75, 3.05) is 5.32 Å². The number of aliphatic hydroxyl groups is 1. The van der Waals surface area contributed by atoms with Gasteiger partial charge in [-0.05, 0) is 54.4 Å². The third kappa shape index (κ3) is 4.43. The van der Waals surface area contributed by atoms with Gasteiger partial charge in [0, 0.05) is 39.8 Å². The Morgan fingerprint density at radius 2 is 1.81 bits per heavy atom. The molecule has 0 fully saturated rings. The molecule has 4 aromatic heterocycles. The van der Waals surface area contributed by atoms with E-state index in [1.54, 1.807) is 24.7 Å². The van der Waals surface area contributed by atoms with Gasteiger partial charge in [-0.2, -0.15) is 5.10 Å². The molecule has 4 heterocycles. The number of pyridine rings is 2. The number of aromatic amines is 2. The van der Waals surface area contributed by atoms with Crippen molar-refractivity contribution in [1.29, 1.82) is 0 Å². The van der Waals surface area contributed by atoms with Crippen LogP contribution >= 0.6 is 0 Å². The fourth-order valence-electron chi connectivity index (χ4n) is 4.66. The molecular weight excluding hydrogens is 467 g/mol. The van der Waals surface area contributed by atoms with Gasteiger partial charge in [0.05, 0.1) is 28.8 Å². The number of anilines is 1. The Morgan fingerprint density at radius 1 is 0.919 bits per heavy atom. The lowest BCUT2D eigenvalue weighted by molar-refractivity contribution is 0.192. The number of nitrogens with zero attached hydrogens (tertiary/aromatic N) is 3. The summed E-state index contributed by atoms with van der Waals surface area (Å²) in [5.41, 5.74) is 7.51. The topological polar surface area (TPSA) is 103 Å². The first kappa shape index (κ1) is 22.9. The third-order valence-electron chi connectivity index (χ3n) is 6.43. The van der Waals surface area contributed by atoms with Crippen molar-refractivity contribution in [2.24, 2.45) is 0 Å². The van der Waals surface area contributed by atoms with E-state index in [4.69, 9.17) is 0 Å². The molecule has 1 atom stereocenters. The van der Waals surface area contributed by atoms with Crippen molar-refractivity contribution in [3.63, 3.8) is 0 Å². The van der Waals surface area contributed by atoms with E-state index in [0.717, 1.165) is 62.0 Å². The summed E-state index contributed by atoms with van der Waals surface area (Å²) >= 11 is 0. The summed E-state index contributed by atoms with van der Waals surface area (Å²) in [5.74, 6) is -0.300. The molecular formula is C29H25FN6O. The summed E-state index contributed by atoms with van der Waals surface area (Å²) in [6.07, 6.45) is 6.16. The summed E-state index contributed by atoms with van der Waals surface area (Å²) < 4.78 is 13.9. The molecule has 8 heteroatoms. The minimum Gasteiger partial charge on any atom is -0.374 e. The Balaban J connectivity index is 1.40. The van der Waals surface area contributed by atoms with Crippen molar-refractivity contribution < 1.29 is 9.50 Å². The first-order valence-corrected chi connectivity index (χ1v) is 12.2.